The number of nitrogens with zero attached hydrogens (tertiary/aromatic N) is 2. The number of nitro groups is 1. The molecule has 0 aromatic heterocycles. The molecule has 2 saturated heterocycles. The number of hydrogen-bond acceptors (Lipinski definition) is 4. The number of carbonyl (C=O) groups is 1. The van der Waals surface area contributed by atoms with E-state index in [1.807, 2.05) is 4.90 Å². The zero-order valence-corrected chi connectivity index (χ0v) is 13.1. The van der Waals surface area contributed by atoms with Crippen LogP contribution in [0.25, 0.3) is 0 Å². The van der Waals surface area contributed by atoms with E-state index in [4.69, 9.17) is 0 Å². The molecule has 1 spiro atoms. The lowest BCUT2D eigenvalue weighted by Crippen LogP contribution is -2.44. The number of halogens is 1. The van der Waals surface area contributed by atoms with Gasteiger partial charge in [0.15, 0.2) is 0 Å². The molecule has 0 radical (unpaired) electrons. The van der Waals surface area contributed by atoms with Gasteiger partial charge in [0, 0.05) is 37.3 Å². The third kappa shape index (κ3) is 3.23. The van der Waals surface area contributed by atoms with E-state index < -0.39 is 4.92 Å². The van der Waals surface area contributed by atoms with Crippen LogP contribution in [0.4, 0.5) is 5.69 Å². The lowest BCUT2D eigenvalue weighted by Gasteiger charge is -2.38. The van der Waals surface area contributed by atoms with E-state index in [1.54, 1.807) is 12.1 Å². The Morgan fingerprint density at radius 2 is 1.82 bits per heavy atom. The van der Waals surface area contributed by atoms with E-state index in [9.17, 15) is 14.9 Å². The molecule has 0 atom stereocenters. The van der Waals surface area contributed by atoms with E-state index in [1.165, 1.54) is 18.6 Å². The Morgan fingerprint density at radius 3 is 2.32 bits per heavy atom. The standard InChI is InChI=1S/C15H19N3O3.ClH/c19-14(12-1-3-13(4-2-12)18(20)21)17-9-6-15(7-10-17)5-8-16-11-15;/h1-4,16H,5-11H2;1H. The number of carbonyl (C=O) groups excluding carboxylic acids is 1. The van der Waals surface area contributed by atoms with E-state index in [2.05, 4.69) is 5.32 Å². The molecular formula is C15H20ClN3O3. The van der Waals surface area contributed by atoms with Crippen LogP contribution in [-0.2, 0) is 0 Å². The van der Waals surface area contributed by atoms with Crippen LogP contribution in [0.3, 0.4) is 0 Å². The van der Waals surface area contributed by atoms with Gasteiger partial charge < -0.3 is 10.2 Å². The maximum absolute atomic E-state index is 12.4. The summed E-state index contributed by atoms with van der Waals surface area (Å²) in [7, 11) is 0. The number of benzene rings is 1. The van der Waals surface area contributed by atoms with Crippen molar-refractivity contribution >= 4 is 24.0 Å². The highest BCUT2D eigenvalue weighted by atomic mass is 35.5. The highest BCUT2D eigenvalue weighted by molar-refractivity contribution is 5.94. The topological polar surface area (TPSA) is 75.5 Å². The molecule has 1 N–H and O–H groups in total. The van der Waals surface area contributed by atoms with Gasteiger partial charge >= 0.3 is 0 Å². The molecule has 3 rings (SSSR count). The predicted octanol–water partition coefficient (Wildman–Crippen LogP) is 2.23. The molecule has 0 unspecified atom stereocenters. The van der Waals surface area contributed by atoms with Crippen LogP contribution >= 0.6 is 12.4 Å². The monoisotopic (exact) mass is 325 g/mol. The summed E-state index contributed by atoms with van der Waals surface area (Å²) in [5.74, 6) is -0.0225. The fourth-order valence-electron chi connectivity index (χ4n) is 3.31. The quantitative estimate of drug-likeness (QED) is 0.668. The number of hydrogen-bond donors (Lipinski definition) is 1. The zero-order chi connectivity index (χ0) is 14.9. The second kappa shape index (κ2) is 6.62. The Labute approximate surface area is 135 Å². The molecule has 0 aliphatic carbocycles. The van der Waals surface area contributed by atoms with Crippen molar-refractivity contribution < 1.29 is 9.72 Å². The first kappa shape index (κ1) is 16.7. The molecule has 2 aliphatic heterocycles. The summed E-state index contributed by atoms with van der Waals surface area (Å²) in [4.78, 5) is 24.5. The molecule has 2 heterocycles. The summed E-state index contributed by atoms with van der Waals surface area (Å²) in [5, 5.41) is 14.0. The summed E-state index contributed by atoms with van der Waals surface area (Å²) < 4.78 is 0. The third-order valence-corrected chi connectivity index (χ3v) is 4.77. The molecular weight excluding hydrogens is 306 g/mol. The fourth-order valence-corrected chi connectivity index (χ4v) is 3.31. The van der Waals surface area contributed by atoms with Crippen LogP contribution in [0.15, 0.2) is 24.3 Å². The Morgan fingerprint density at radius 1 is 1.18 bits per heavy atom. The van der Waals surface area contributed by atoms with Crippen LogP contribution in [-0.4, -0.2) is 41.9 Å². The van der Waals surface area contributed by atoms with Crippen molar-refractivity contribution in [3.05, 3.63) is 39.9 Å². The van der Waals surface area contributed by atoms with Gasteiger partial charge in [-0.3, -0.25) is 14.9 Å². The van der Waals surface area contributed by atoms with Crippen LogP contribution in [0.1, 0.15) is 29.6 Å². The number of non-ortho nitro benzene ring substituents is 1. The maximum Gasteiger partial charge on any atom is 0.269 e. The van der Waals surface area contributed by atoms with Crippen LogP contribution in [0.2, 0.25) is 0 Å². The van der Waals surface area contributed by atoms with Gasteiger partial charge in [-0.2, -0.15) is 0 Å². The molecule has 0 bridgehead atoms. The van der Waals surface area contributed by atoms with Crippen LogP contribution in [0, 0.1) is 15.5 Å². The molecule has 120 valence electrons. The first-order chi connectivity index (χ1) is 10.1. The van der Waals surface area contributed by atoms with Crippen molar-refractivity contribution in [1.29, 1.82) is 0 Å². The van der Waals surface area contributed by atoms with Crippen molar-refractivity contribution in [1.82, 2.24) is 10.2 Å². The van der Waals surface area contributed by atoms with Gasteiger partial charge in [-0.1, -0.05) is 0 Å². The van der Waals surface area contributed by atoms with Crippen molar-refractivity contribution in [2.24, 2.45) is 5.41 Å². The van der Waals surface area contributed by atoms with Gasteiger partial charge in [-0.05, 0) is 43.4 Å². The largest absolute Gasteiger partial charge is 0.339 e. The molecule has 2 fully saturated rings. The van der Waals surface area contributed by atoms with E-state index in [-0.39, 0.29) is 24.0 Å². The van der Waals surface area contributed by atoms with E-state index in [0.29, 0.717) is 11.0 Å². The molecule has 6 nitrogen and oxygen atoms in total. The molecule has 1 aromatic rings. The summed E-state index contributed by atoms with van der Waals surface area (Å²) in [5.41, 5.74) is 0.925. The second-order valence-electron chi connectivity index (χ2n) is 6.02. The molecule has 2 aliphatic rings. The molecule has 1 amide bonds. The van der Waals surface area contributed by atoms with E-state index >= 15 is 0 Å². The average Bonchev–Trinajstić information content (AvgIpc) is 2.96. The molecule has 22 heavy (non-hydrogen) atoms. The lowest BCUT2D eigenvalue weighted by molar-refractivity contribution is -0.384. The summed E-state index contributed by atoms with van der Waals surface area (Å²) >= 11 is 0. The minimum atomic E-state index is -0.452. The van der Waals surface area contributed by atoms with Crippen molar-refractivity contribution in [2.45, 2.75) is 19.3 Å². The zero-order valence-electron chi connectivity index (χ0n) is 12.3. The Bertz CT molecular complexity index is 546. The van der Waals surface area contributed by atoms with Gasteiger partial charge in [0.2, 0.25) is 0 Å². The number of amides is 1. The summed E-state index contributed by atoms with van der Waals surface area (Å²) in [6, 6.07) is 5.86. The molecule has 7 heteroatoms. The number of piperidine rings is 1. The third-order valence-electron chi connectivity index (χ3n) is 4.77. The molecule has 1 aromatic carbocycles. The van der Waals surface area contributed by atoms with Crippen molar-refractivity contribution in [3.8, 4) is 0 Å². The highest BCUT2D eigenvalue weighted by Gasteiger charge is 2.38. The van der Waals surface area contributed by atoms with Crippen molar-refractivity contribution in [3.63, 3.8) is 0 Å². The molecule has 0 saturated carbocycles. The summed E-state index contributed by atoms with van der Waals surface area (Å²) in [6.45, 7) is 3.69. The van der Waals surface area contributed by atoms with Gasteiger partial charge in [-0.25, -0.2) is 0 Å². The summed E-state index contributed by atoms with van der Waals surface area (Å²) in [6.07, 6.45) is 3.28. The fraction of sp³-hybridized carbons (Fsp3) is 0.533. The van der Waals surface area contributed by atoms with Gasteiger partial charge in [-0.15, -0.1) is 12.4 Å². The minimum Gasteiger partial charge on any atom is -0.339 e. The lowest BCUT2D eigenvalue weighted by atomic mass is 9.78. The van der Waals surface area contributed by atoms with Gasteiger partial charge in [0.25, 0.3) is 11.6 Å². The number of nitro benzene ring substituents is 1. The SMILES string of the molecule is Cl.O=C(c1ccc([N+](=O)[O-])cc1)N1CCC2(CCNC2)CC1. The van der Waals surface area contributed by atoms with E-state index in [0.717, 1.165) is 39.0 Å². The predicted molar refractivity (Wildman–Crippen MR) is 85.4 cm³/mol. The Hall–Kier alpha value is -1.66. The Kier molecular flexibility index (Phi) is 5.03. The van der Waals surface area contributed by atoms with Crippen LogP contribution in [0.5, 0.6) is 0 Å². The number of rotatable bonds is 2. The van der Waals surface area contributed by atoms with Crippen LogP contribution < -0.4 is 5.32 Å². The first-order valence-corrected chi connectivity index (χ1v) is 7.34. The van der Waals surface area contributed by atoms with Gasteiger partial charge in [0.05, 0.1) is 4.92 Å². The van der Waals surface area contributed by atoms with Crippen molar-refractivity contribution in [2.75, 3.05) is 26.2 Å². The number of nitrogens with one attached hydrogen (secondary N) is 1. The average molecular weight is 326 g/mol. The number of likely N-dealkylation sites (tertiary alicyclic amines) is 1. The Balaban J connectivity index is 0.00000176. The minimum absolute atomic E-state index is 0. The smallest absolute Gasteiger partial charge is 0.269 e. The normalized spacial score (nSPS) is 19.7. The second-order valence-corrected chi connectivity index (χ2v) is 6.02. The maximum atomic E-state index is 12.4. The van der Waals surface area contributed by atoms with Gasteiger partial charge in [0.1, 0.15) is 0 Å². The highest BCUT2D eigenvalue weighted by Crippen LogP contribution is 2.37. The first-order valence-electron chi connectivity index (χ1n) is 7.34.